The number of allylic oxidation sites excluding steroid dienone is 1. The molecule has 194 valence electrons. The van der Waals surface area contributed by atoms with Crippen molar-refractivity contribution in [2.75, 3.05) is 13.7 Å². The van der Waals surface area contributed by atoms with Gasteiger partial charge in [-0.2, -0.15) is 0 Å². The van der Waals surface area contributed by atoms with Gasteiger partial charge < -0.3 is 9.47 Å². The molecule has 1 aliphatic heterocycles. The number of nitrogens with zero attached hydrogens (tertiary/aromatic N) is 2. The zero-order valence-electron chi connectivity index (χ0n) is 22.1. The molecular formula is C31H30N2O4S. The van der Waals surface area contributed by atoms with Crippen molar-refractivity contribution in [3.63, 3.8) is 0 Å². The standard InChI is InChI=1S/C31H30N2O4S/c1-6-37-30(35)27-19(4)32-31-33(28(27)22-13-11-20(12-14-22)18(2)3)29(34)26(38-31)17-24-23-10-8-7-9-21(23)15-16-25(24)36-5/h7-18,28H,6H2,1-5H3/b26-17-. The third kappa shape index (κ3) is 4.47. The number of hydrogen-bond donors (Lipinski definition) is 0. The zero-order valence-corrected chi connectivity index (χ0v) is 23.0. The van der Waals surface area contributed by atoms with Crippen LogP contribution < -0.4 is 19.6 Å². The van der Waals surface area contributed by atoms with Gasteiger partial charge in [0.1, 0.15) is 5.75 Å². The Balaban J connectivity index is 1.76. The van der Waals surface area contributed by atoms with Crippen LogP contribution in [0.15, 0.2) is 81.7 Å². The normalized spacial score (nSPS) is 15.5. The summed E-state index contributed by atoms with van der Waals surface area (Å²) in [5, 5.41) is 2.04. The summed E-state index contributed by atoms with van der Waals surface area (Å²) < 4.78 is 13.2. The van der Waals surface area contributed by atoms with Crippen LogP contribution >= 0.6 is 11.3 Å². The zero-order chi connectivity index (χ0) is 27.0. The molecule has 7 heteroatoms. The van der Waals surface area contributed by atoms with Gasteiger partial charge in [-0.05, 0) is 53.8 Å². The molecule has 0 spiro atoms. The van der Waals surface area contributed by atoms with Crippen molar-refractivity contribution in [1.29, 1.82) is 0 Å². The Morgan fingerprint density at radius 1 is 1.11 bits per heavy atom. The van der Waals surface area contributed by atoms with Crippen molar-refractivity contribution >= 4 is 34.2 Å². The molecular weight excluding hydrogens is 496 g/mol. The molecule has 1 aliphatic rings. The molecule has 0 saturated carbocycles. The van der Waals surface area contributed by atoms with Crippen LogP contribution in [0, 0.1) is 0 Å². The molecule has 0 N–H and O–H groups in total. The van der Waals surface area contributed by atoms with E-state index >= 15 is 0 Å². The monoisotopic (exact) mass is 526 g/mol. The fourth-order valence-corrected chi connectivity index (χ4v) is 5.93. The predicted octanol–water partition coefficient (Wildman–Crippen LogP) is 5.08. The van der Waals surface area contributed by atoms with E-state index in [9.17, 15) is 9.59 Å². The van der Waals surface area contributed by atoms with Gasteiger partial charge in [0.15, 0.2) is 4.80 Å². The predicted molar refractivity (Wildman–Crippen MR) is 151 cm³/mol. The number of hydrogen-bond acceptors (Lipinski definition) is 6. The molecule has 0 aliphatic carbocycles. The van der Waals surface area contributed by atoms with Crippen LogP contribution in [0.5, 0.6) is 5.75 Å². The Kier molecular flexibility index (Phi) is 7.04. The van der Waals surface area contributed by atoms with E-state index in [4.69, 9.17) is 9.47 Å². The third-order valence-electron chi connectivity index (χ3n) is 6.86. The summed E-state index contributed by atoms with van der Waals surface area (Å²) in [6, 6.07) is 19.4. The number of esters is 1. The van der Waals surface area contributed by atoms with Gasteiger partial charge in [-0.3, -0.25) is 9.36 Å². The highest BCUT2D eigenvalue weighted by atomic mass is 32.1. The quantitative estimate of drug-likeness (QED) is 0.329. The number of rotatable bonds is 6. The number of benzene rings is 3. The average Bonchev–Trinajstić information content (AvgIpc) is 3.22. The molecule has 0 bridgehead atoms. The molecule has 1 atom stereocenters. The first kappa shape index (κ1) is 25.7. The van der Waals surface area contributed by atoms with Gasteiger partial charge in [-0.25, -0.2) is 9.79 Å². The summed E-state index contributed by atoms with van der Waals surface area (Å²) >= 11 is 1.31. The maximum atomic E-state index is 14.0. The molecule has 0 saturated heterocycles. The van der Waals surface area contributed by atoms with Crippen LogP contribution in [0.1, 0.15) is 56.3 Å². The average molecular weight is 527 g/mol. The minimum Gasteiger partial charge on any atom is -0.496 e. The maximum absolute atomic E-state index is 14.0. The van der Waals surface area contributed by atoms with Gasteiger partial charge in [0.2, 0.25) is 0 Å². The Morgan fingerprint density at radius 3 is 2.53 bits per heavy atom. The lowest BCUT2D eigenvalue weighted by atomic mass is 9.93. The Bertz CT molecular complexity index is 1740. The van der Waals surface area contributed by atoms with Crippen molar-refractivity contribution in [2.45, 2.75) is 39.7 Å². The molecule has 0 radical (unpaired) electrons. The van der Waals surface area contributed by atoms with Crippen molar-refractivity contribution in [3.8, 4) is 5.75 Å². The van der Waals surface area contributed by atoms with E-state index in [-0.39, 0.29) is 12.2 Å². The van der Waals surface area contributed by atoms with Gasteiger partial charge in [0.05, 0.1) is 35.6 Å². The van der Waals surface area contributed by atoms with Crippen molar-refractivity contribution < 1.29 is 14.3 Å². The highest BCUT2D eigenvalue weighted by Gasteiger charge is 2.33. The minimum atomic E-state index is -0.636. The van der Waals surface area contributed by atoms with Crippen LogP contribution in [0.2, 0.25) is 0 Å². The highest BCUT2D eigenvalue weighted by Crippen LogP contribution is 2.32. The van der Waals surface area contributed by atoms with Crippen LogP contribution in [0.4, 0.5) is 0 Å². The summed E-state index contributed by atoms with van der Waals surface area (Å²) in [5.74, 6) is 0.582. The molecule has 3 aromatic carbocycles. The second-order valence-corrected chi connectivity index (χ2v) is 10.5. The number of fused-ring (bicyclic) bond motifs is 2. The van der Waals surface area contributed by atoms with E-state index in [1.54, 1.807) is 25.5 Å². The summed E-state index contributed by atoms with van der Waals surface area (Å²) in [7, 11) is 1.62. The van der Waals surface area contributed by atoms with E-state index < -0.39 is 12.0 Å². The summed E-state index contributed by atoms with van der Waals surface area (Å²) in [6.45, 7) is 8.07. The third-order valence-corrected chi connectivity index (χ3v) is 7.84. The van der Waals surface area contributed by atoms with E-state index in [0.29, 0.717) is 32.3 Å². The smallest absolute Gasteiger partial charge is 0.338 e. The van der Waals surface area contributed by atoms with E-state index in [0.717, 1.165) is 21.9 Å². The second kappa shape index (κ2) is 10.4. The SMILES string of the molecule is CCOC(=O)C1=C(C)N=c2s/c(=C\c3c(OC)ccc4ccccc34)c(=O)n2C1c1ccc(C(C)C)cc1. The Morgan fingerprint density at radius 2 is 1.84 bits per heavy atom. The molecule has 6 nitrogen and oxygen atoms in total. The molecule has 1 unspecified atom stereocenters. The summed E-state index contributed by atoms with van der Waals surface area (Å²) in [4.78, 5) is 32.4. The van der Waals surface area contributed by atoms with Crippen LogP contribution in [0.25, 0.3) is 16.8 Å². The first-order valence-corrected chi connectivity index (χ1v) is 13.5. The highest BCUT2D eigenvalue weighted by molar-refractivity contribution is 7.07. The first-order valence-electron chi connectivity index (χ1n) is 12.7. The number of thiazole rings is 1. The molecule has 4 aromatic rings. The molecule has 5 rings (SSSR count). The molecule has 2 heterocycles. The summed E-state index contributed by atoms with van der Waals surface area (Å²) in [6.07, 6.45) is 1.87. The topological polar surface area (TPSA) is 69.9 Å². The fraction of sp³-hybridized carbons (Fsp3) is 0.258. The van der Waals surface area contributed by atoms with E-state index in [2.05, 4.69) is 31.0 Å². The lowest BCUT2D eigenvalue weighted by Gasteiger charge is -2.25. The molecule has 38 heavy (non-hydrogen) atoms. The molecule has 0 fully saturated rings. The van der Waals surface area contributed by atoms with Crippen LogP contribution in [-0.2, 0) is 9.53 Å². The van der Waals surface area contributed by atoms with Crippen molar-refractivity contribution in [3.05, 3.63) is 108 Å². The minimum absolute atomic E-state index is 0.212. The van der Waals surface area contributed by atoms with Gasteiger partial charge in [-0.15, -0.1) is 0 Å². The largest absolute Gasteiger partial charge is 0.496 e. The fourth-order valence-electron chi connectivity index (χ4n) is 4.90. The van der Waals surface area contributed by atoms with Crippen molar-refractivity contribution in [1.82, 2.24) is 4.57 Å². The molecule has 1 aromatic heterocycles. The Labute approximate surface area is 225 Å². The molecule has 0 amide bonds. The van der Waals surface area contributed by atoms with Crippen molar-refractivity contribution in [2.24, 2.45) is 4.99 Å². The second-order valence-electron chi connectivity index (χ2n) is 9.53. The number of carbonyl (C=O) groups is 1. The number of aromatic nitrogens is 1. The number of methoxy groups -OCH3 is 1. The van der Waals surface area contributed by atoms with Gasteiger partial charge in [0.25, 0.3) is 5.56 Å². The maximum Gasteiger partial charge on any atom is 0.338 e. The van der Waals surface area contributed by atoms with Gasteiger partial charge in [-0.1, -0.05) is 79.8 Å². The first-order chi connectivity index (χ1) is 18.3. The van der Waals surface area contributed by atoms with Crippen LogP contribution in [-0.4, -0.2) is 24.3 Å². The van der Waals surface area contributed by atoms with E-state index in [1.807, 2.05) is 54.6 Å². The number of ether oxygens (including phenoxy) is 2. The number of carbonyl (C=O) groups excluding carboxylic acids is 1. The van der Waals surface area contributed by atoms with E-state index in [1.165, 1.54) is 16.9 Å². The van der Waals surface area contributed by atoms with Crippen LogP contribution in [0.3, 0.4) is 0 Å². The van der Waals surface area contributed by atoms with Gasteiger partial charge in [0, 0.05) is 5.56 Å². The lowest BCUT2D eigenvalue weighted by Crippen LogP contribution is -2.40. The Hall–Kier alpha value is -3.97. The summed E-state index contributed by atoms with van der Waals surface area (Å²) in [5.41, 5.74) is 3.57. The van der Waals surface area contributed by atoms with Gasteiger partial charge >= 0.3 is 5.97 Å². The lowest BCUT2D eigenvalue weighted by molar-refractivity contribution is -0.139.